The summed E-state index contributed by atoms with van der Waals surface area (Å²) in [5.41, 5.74) is 6.00. The van der Waals surface area contributed by atoms with Crippen molar-refractivity contribution >= 4 is 11.7 Å². The van der Waals surface area contributed by atoms with Gasteiger partial charge in [-0.2, -0.15) is 0 Å². The Bertz CT molecular complexity index is 940. The second kappa shape index (κ2) is 9.62. The number of amides is 2. The molecule has 3 aromatic carbocycles. The van der Waals surface area contributed by atoms with E-state index in [0.717, 1.165) is 38.0 Å². The summed E-state index contributed by atoms with van der Waals surface area (Å²) in [7, 11) is 0. The van der Waals surface area contributed by atoms with Crippen LogP contribution >= 0.6 is 0 Å². The third kappa shape index (κ3) is 5.29. The molecule has 30 heavy (non-hydrogen) atoms. The molecule has 4 rings (SSSR count). The minimum Gasteiger partial charge on any atom is -0.325 e. The maximum absolute atomic E-state index is 12.5. The number of benzene rings is 3. The summed E-state index contributed by atoms with van der Waals surface area (Å²) in [5, 5.41) is 3.02. The zero-order valence-electron chi connectivity index (χ0n) is 17.7. The Balaban J connectivity index is 1.22. The molecule has 3 aromatic rings. The predicted octanol–water partition coefficient (Wildman–Crippen LogP) is 6.54. The third-order valence-electron chi connectivity index (χ3n) is 6.11. The Morgan fingerprint density at radius 3 is 2.17 bits per heavy atom. The van der Waals surface area contributed by atoms with Crippen LogP contribution in [0.15, 0.2) is 78.9 Å². The largest absolute Gasteiger partial charge is 0.325 e. The number of carbonyl (C=O) groups is 1. The van der Waals surface area contributed by atoms with Gasteiger partial charge in [-0.25, -0.2) is 4.79 Å². The third-order valence-corrected chi connectivity index (χ3v) is 6.11. The van der Waals surface area contributed by atoms with Crippen molar-refractivity contribution in [2.75, 3.05) is 18.4 Å². The lowest BCUT2D eigenvalue weighted by atomic mass is 9.90. The van der Waals surface area contributed by atoms with Gasteiger partial charge in [0.25, 0.3) is 0 Å². The van der Waals surface area contributed by atoms with Crippen LogP contribution in [0.2, 0.25) is 0 Å². The second-order valence-corrected chi connectivity index (χ2v) is 8.33. The van der Waals surface area contributed by atoms with Gasteiger partial charge < -0.3 is 10.2 Å². The van der Waals surface area contributed by atoms with E-state index in [-0.39, 0.29) is 6.03 Å². The summed E-state index contributed by atoms with van der Waals surface area (Å²) in [6.07, 6.45) is 4.47. The molecule has 0 aliphatic carbocycles. The fraction of sp³-hybridized carbons (Fsp3) is 0.296. The molecule has 1 N–H and O–H groups in total. The van der Waals surface area contributed by atoms with E-state index in [1.807, 2.05) is 36.1 Å². The van der Waals surface area contributed by atoms with Crippen molar-refractivity contribution in [2.45, 2.75) is 32.6 Å². The zero-order chi connectivity index (χ0) is 20.8. The molecular weight excluding hydrogens is 368 g/mol. The highest BCUT2D eigenvalue weighted by Crippen LogP contribution is 2.25. The smallest absolute Gasteiger partial charge is 0.321 e. The van der Waals surface area contributed by atoms with Gasteiger partial charge in [0, 0.05) is 18.8 Å². The Labute approximate surface area is 179 Å². The number of aryl methyl sites for hydroxylation is 2. The first-order valence-electron chi connectivity index (χ1n) is 10.9. The number of nitrogens with zero attached hydrogens (tertiary/aromatic N) is 1. The molecule has 2 amide bonds. The minimum atomic E-state index is 0.0220. The molecule has 1 fully saturated rings. The topological polar surface area (TPSA) is 32.3 Å². The van der Waals surface area contributed by atoms with Gasteiger partial charge in [0.1, 0.15) is 0 Å². The molecule has 1 aliphatic rings. The molecule has 1 heterocycles. The molecule has 154 valence electrons. The van der Waals surface area contributed by atoms with Crippen LogP contribution in [-0.4, -0.2) is 24.0 Å². The van der Waals surface area contributed by atoms with Gasteiger partial charge in [-0.15, -0.1) is 0 Å². The Hall–Kier alpha value is -3.07. The second-order valence-electron chi connectivity index (χ2n) is 8.33. The number of nitrogens with one attached hydrogen (secondary N) is 1. The van der Waals surface area contributed by atoms with E-state index in [9.17, 15) is 4.79 Å². The first-order valence-corrected chi connectivity index (χ1v) is 10.9. The standard InChI is InChI=1S/C27H30N2O/c1-21-7-15-26(16-8-21)28-27(30)29-19-17-23(18-20-29)10-9-22-11-13-25(14-12-22)24-5-3-2-4-6-24/h2-8,11-16,23H,9-10,17-20H2,1H3,(H,28,30). The quantitative estimate of drug-likeness (QED) is 0.520. The van der Waals surface area contributed by atoms with Gasteiger partial charge in [0.2, 0.25) is 0 Å². The summed E-state index contributed by atoms with van der Waals surface area (Å²) in [4.78, 5) is 14.5. The molecule has 0 unspecified atom stereocenters. The normalized spacial score (nSPS) is 14.5. The molecular formula is C27H30N2O. The van der Waals surface area contributed by atoms with Gasteiger partial charge in [-0.05, 0) is 67.3 Å². The lowest BCUT2D eigenvalue weighted by Gasteiger charge is -2.32. The van der Waals surface area contributed by atoms with Crippen LogP contribution in [0.4, 0.5) is 10.5 Å². The lowest BCUT2D eigenvalue weighted by Crippen LogP contribution is -2.41. The molecule has 0 spiro atoms. The van der Waals surface area contributed by atoms with Crippen molar-refractivity contribution in [1.29, 1.82) is 0 Å². The van der Waals surface area contributed by atoms with Crippen molar-refractivity contribution < 1.29 is 4.79 Å². The van der Waals surface area contributed by atoms with E-state index >= 15 is 0 Å². The van der Waals surface area contributed by atoms with Gasteiger partial charge in [0.05, 0.1) is 0 Å². The van der Waals surface area contributed by atoms with Crippen LogP contribution in [0, 0.1) is 12.8 Å². The highest BCUT2D eigenvalue weighted by atomic mass is 16.2. The molecule has 0 aromatic heterocycles. The fourth-order valence-corrected chi connectivity index (χ4v) is 4.13. The maximum Gasteiger partial charge on any atom is 0.321 e. The molecule has 0 bridgehead atoms. The van der Waals surface area contributed by atoms with Crippen LogP contribution in [0.25, 0.3) is 11.1 Å². The maximum atomic E-state index is 12.5. The van der Waals surface area contributed by atoms with E-state index < -0.39 is 0 Å². The molecule has 3 nitrogen and oxygen atoms in total. The first kappa shape index (κ1) is 20.2. The minimum absolute atomic E-state index is 0.0220. The number of likely N-dealkylation sites (tertiary alicyclic amines) is 1. The molecule has 1 aliphatic heterocycles. The average Bonchev–Trinajstić information content (AvgIpc) is 2.80. The van der Waals surface area contributed by atoms with E-state index in [2.05, 4.69) is 59.9 Å². The fourth-order valence-electron chi connectivity index (χ4n) is 4.13. The van der Waals surface area contributed by atoms with Crippen LogP contribution < -0.4 is 5.32 Å². The van der Waals surface area contributed by atoms with E-state index in [0.29, 0.717) is 5.92 Å². The van der Waals surface area contributed by atoms with Crippen LogP contribution in [0.1, 0.15) is 30.4 Å². The summed E-state index contributed by atoms with van der Waals surface area (Å²) < 4.78 is 0. The molecule has 3 heteroatoms. The number of hydrogen-bond donors (Lipinski definition) is 1. The van der Waals surface area contributed by atoms with E-state index in [1.54, 1.807) is 0 Å². The van der Waals surface area contributed by atoms with Crippen LogP contribution in [0.5, 0.6) is 0 Å². The monoisotopic (exact) mass is 398 g/mol. The number of anilines is 1. The van der Waals surface area contributed by atoms with Crippen LogP contribution in [-0.2, 0) is 6.42 Å². The Morgan fingerprint density at radius 1 is 0.867 bits per heavy atom. The Kier molecular flexibility index (Phi) is 6.48. The highest BCUT2D eigenvalue weighted by molar-refractivity contribution is 5.89. The van der Waals surface area contributed by atoms with Crippen LogP contribution in [0.3, 0.4) is 0 Å². The average molecular weight is 399 g/mol. The van der Waals surface area contributed by atoms with E-state index in [4.69, 9.17) is 0 Å². The summed E-state index contributed by atoms with van der Waals surface area (Å²) in [6, 6.07) is 27.5. The number of piperidine rings is 1. The highest BCUT2D eigenvalue weighted by Gasteiger charge is 2.22. The van der Waals surface area contributed by atoms with Crippen molar-refractivity contribution in [3.8, 4) is 11.1 Å². The SMILES string of the molecule is Cc1ccc(NC(=O)N2CCC(CCc3ccc(-c4ccccc4)cc3)CC2)cc1. The number of carbonyl (C=O) groups excluding carboxylic acids is 1. The molecule has 0 saturated carbocycles. The summed E-state index contributed by atoms with van der Waals surface area (Å²) in [6.45, 7) is 3.73. The lowest BCUT2D eigenvalue weighted by molar-refractivity contribution is 0.180. The molecule has 0 atom stereocenters. The summed E-state index contributed by atoms with van der Waals surface area (Å²) in [5.74, 6) is 0.697. The van der Waals surface area contributed by atoms with Crippen molar-refractivity contribution in [3.63, 3.8) is 0 Å². The molecule has 1 saturated heterocycles. The zero-order valence-corrected chi connectivity index (χ0v) is 17.7. The van der Waals surface area contributed by atoms with E-state index in [1.165, 1.54) is 28.7 Å². The first-order chi connectivity index (χ1) is 14.7. The number of urea groups is 1. The molecule has 0 radical (unpaired) electrons. The van der Waals surface area contributed by atoms with Gasteiger partial charge in [-0.1, -0.05) is 72.3 Å². The number of rotatable bonds is 5. The van der Waals surface area contributed by atoms with Crippen molar-refractivity contribution in [2.24, 2.45) is 5.92 Å². The van der Waals surface area contributed by atoms with Gasteiger partial charge >= 0.3 is 6.03 Å². The van der Waals surface area contributed by atoms with Crippen molar-refractivity contribution in [1.82, 2.24) is 4.90 Å². The van der Waals surface area contributed by atoms with Gasteiger partial charge in [-0.3, -0.25) is 0 Å². The summed E-state index contributed by atoms with van der Waals surface area (Å²) >= 11 is 0. The van der Waals surface area contributed by atoms with Gasteiger partial charge in [0.15, 0.2) is 0 Å². The number of hydrogen-bond acceptors (Lipinski definition) is 1. The Morgan fingerprint density at radius 2 is 1.50 bits per heavy atom. The van der Waals surface area contributed by atoms with Crippen molar-refractivity contribution in [3.05, 3.63) is 90.0 Å². The predicted molar refractivity (Wildman–Crippen MR) is 125 cm³/mol.